The van der Waals surface area contributed by atoms with E-state index in [-0.39, 0.29) is 0 Å². The van der Waals surface area contributed by atoms with E-state index >= 15 is 0 Å². The molecule has 1 aliphatic carbocycles. The Morgan fingerprint density at radius 2 is 2.11 bits per heavy atom. The molecule has 0 unspecified atom stereocenters. The summed E-state index contributed by atoms with van der Waals surface area (Å²) >= 11 is 1.49. The maximum absolute atomic E-state index is 11.0. The molecule has 0 amide bonds. The minimum atomic E-state index is 0.435. The predicted molar refractivity (Wildman–Crippen MR) is 74.2 cm³/mol. The van der Waals surface area contributed by atoms with Gasteiger partial charge < -0.3 is 5.32 Å². The summed E-state index contributed by atoms with van der Waals surface area (Å²) in [4.78, 5) is 19.5. The van der Waals surface area contributed by atoms with E-state index in [0.717, 1.165) is 25.0 Å². The number of thioether (sulfide) groups is 1. The fourth-order valence-electron chi connectivity index (χ4n) is 2.27. The third kappa shape index (κ3) is 3.22. The highest BCUT2D eigenvalue weighted by Gasteiger charge is 2.19. The van der Waals surface area contributed by atoms with Crippen LogP contribution in [0.2, 0.25) is 0 Å². The van der Waals surface area contributed by atoms with E-state index in [9.17, 15) is 4.79 Å². The topological polar surface area (TPSA) is 54.9 Å². The monoisotopic (exact) mass is 265 g/mol. The van der Waals surface area contributed by atoms with Crippen molar-refractivity contribution in [3.8, 4) is 0 Å². The van der Waals surface area contributed by atoms with Crippen LogP contribution in [-0.4, -0.2) is 28.6 Å². The van der Waals surface area contributed by atoms with Crippen molar-refractivity contribution in [2.24, 2.45) is 5.92 Å². The predicted octanol–water partition coefficient (Wildman–Crippen LogP) is 3.00. The number of hydrogen-bond donors (Lipinski definition) is 1. The number of rotatable bonds is 4. The molecule has 0 atom stereocenters. The molecule has 2 rings (SSSR count). The maximum atomic E-state index is 11.0. The molecule has 1 fully saturated rings. The van der Waals surface area contributed by atoms with Gasteiger partial charge in [0.15, 0.2) is 11.4 Å². The van der Waals surface area contributed by atoms with E-state index in [2.05, 4.69) is 22.2 Å². The van der Waals surface area contributed by atoms with Crippen molar-refractivity contribution in [1.82, 2.24) is 9.97 Å². The Morgan fingerprint density at radius 1 is 1.39 bits per heavy atom. The summed E-state index contributed by atoms with van der Waals surface area (Å²) in [6.45, 7) is 2.30. The van der Waals surface area contributed by atoms with E-state index in [0.29, 0.717) is 22.6 Å². The molecule has 0 spiro atoms. The minimum Gasteiger partial charge on any atom is -0.367 e. The zero-order valence-electron chi connectivity index (χ0n) is 10.8. The van der Waals surface area contributed by atoms with E-state index < -0.39 is 0 Å². The van der Waals surface area contributed by atoms with Gasteiger partial charge in [-0.3, -0.25) is 4.79 Å². The van der Waals surface area contributed by atoms with Crippen LogP contribution in [0.15, 0.2) is 11.4 Å². The van der Waals surface area contributed by atoms with Gasteiger partial charge >= 0.3 is 0 Å². The van der Waals surface area contributed by atoms with Gasteiger partial charge in [-0.05, 0) is 37.9 Å². The Kier molecular flexibility index (Phi) is 4.58. The first kappa shape index (κ1) is 13.3. The van der Waals surface area contributed by atoms with Gasteiger partial charge in [0.1, 0.15) is 5.82 Å². The summed E-state index contributed by atoms with van der Waals surface area (Å²) in [5, 5.41) is 4.10. The fraction of sp³-hybridized carbons (Fsp3) is 0.615. The van der Waals surface area contributed by atoms with Gasteiger partial charge in [-0.1, -0.05) is 18.7 Å². The Morgan fingerprint density at radius 3 is 2.72 bits per heavy atom. The van der Waals surface area contributed by atoms with Crippen LogP contribution in [0, 0.1) is 5.92 Å². The van der Waals surface area contributed by atoms with Crippen LogP contribution in [-0.2, 0) is 0 Å². The molecule has 0 saturated heterocycles. The SMILES string of the molecule is CSc1ncc(C=O)c(N[C@H]2CC[C@H](C)CC2)n1. The highest BCUT2D eigenvalue weighted by Crippen LogP contribution is 2.26. The Labute approximate surface area is 112 Å². The molecular formula is C13H19N3OS. The molecule has 0 aromatic carbocycles. The zero-order valence-corrected chi connectivity index (χ0v) is 11.7. The number of anilines is 1. The average Bonchev–Trinajstić information content (AvgIpc) is 2.41. The van der Waals surface area contributed by atoms with Crippen LogP contribution >= 0.6 is 11.8 Å². The van der Waals surface area contributed by atoms with Gasteiger partial charge in [0.05, 0.1) is 5.56 Å². The number of aromatic nitrogens is 2. The second-order valence-electron chi connectivity index (χ2n) is 4.88. The Bertz CT molecular complexity index is 417. The lowest BCUT2D eigenvalue weighted by Crippen LogP contribution is -2.26. The van der Waals surface area contributed by atoms with Crippen molar-refractivity contribution in [2.45, 2.75) is 43.8 Å². The first-order chi connectivity index (χ1) is 8.72. The number of nitrogens with one attached hydrogen (secondary N) is 1. The van der Waals surface area contributed by atoms with Crippen LogP contribution in [0.5, 0.6) is 0 Å². The molecule has 1 N–H and O–H groups in total. The van der Waals surface area contributed by atoms with Gasteiger partial charge in [0.2, 0.25) is 0 Å². The van der Waals surface area contributed by atoms with Gasteiger partial charge in [0.25, 0.3) is 0 Å². The van der Waals surface area contributed by atoms with Crippen molar-refractivity contribution in [2.75, 3.05) is 11.6 Å². The van der Waals surface area contributed by atoms with E-state index in [1.807, 2.05) is 6.26 Å². The first-order valence-corrected chi connectivity index (χ1v) is 7.58. The normalized spacial score (nSPS) is 23.7. The standard InChI is InChI=1S/C13H19N3OS/c1-9-3-5-11(6-4-9)15-12-10(8-17)7-14-13(16-12)18-2/h7-9,11H,3-6H2,1-2H3,(H,14,15,16)/t9-,11-. The maximum Gasteiger partial charge on any atom is 0.189 e. The summed E-state index contributed by atoms with van der Waals surface area (Å²) in [6, 6.07) is 0.435. The van der Waals surface area contributed by atoms with Crippen molar-refractivity contribution >= 4 is 23.9 Å². The van der Waals surface area contributed by atoms with Crippen molar-refractivity contribution in [3.63, 3.8) is 0 Å². The number of carbonyl (C=O) groups excluding carboxylic acids is 1. The van der Waals surface area contributed by atoms with Crippen LogP contribution in [0.4, 0.5) is 5.82 Å². The summed E-state index contributed by atoms with van der Waals surface area (Å²) < 4.78 is 0. The summed E-state index contributed by atoms with van der Waals surface area (Å²) in [7, 11) is 0. The summed E-state index contributed by atoms with van der Waals surface area (Å²) in [6.07, 6.45) is 9.14. The van der Waals surface area contributed by atoms with Crippen LogP contribution < -0.4 is 5.32 Å². The first-order valence-electron chi connectivity index (χ1n) is 6.35. The molecule has 1 aromatic rings. The molecule has 1 aromatic heterocycles. The largest absolute Gasteiger partial charge is 0.367 e. The van der Waals surface area contributed by atoms with Gasteiger partial charge in [-0.15, -0.1) is 0 Å². The molecule has 0 aliphatic heterocycles. The van der Waals surface area contributed by atoms with E-state index in [1.165, 1.54) is 24.6 Å². The van der Waals surface area contributed by atoms with Gasteiger partial charge in [-0.2, -0.15) is 0 Å². The average molecular weight is 265 g/mol. The molecule has 18 heavy (non-hydrogen) atoms. The lowest BCUT2D eigenvalue weighted by molar-refractivity contribution is 0.112. The fourth-order valence-corrected chi connectivity index (χ4v) is 2.61. The molecule has 5 heteroatoms. The van der Waals surface area contributed by atoms with Crippen LogP contribution in [0.3, 0.4) is 0 Å². The third-order valence-electron chi connectivity index (χ3n) is 3.46. The molecule has 98 valence electrons. The van der Waals surface area contributed by atoms with Crippen LogP contribution in [0.25, 0.3) is 0 Å². The third-order valence-corrected chi connectivity index (χ3v) is 4.02. The van der Waals surface area contributed by atoms with Crippen molar-refractivity contribution in [3.05, 3.63) is 11.8 Å². The molecule has 1 heterocycles. The Hall–Kier alpha value is -1.10. The van der Waals surface area contributed by atoms with E-state index in [1.54, 1.807) is 6.20 Å². The molecule has 0 bridgehead atoms. The number of nitrogens with zero attached hydrogens (tertiary/aromatic N) is 2. The van der Waals surface area contributed by atoms with Crippen molar-refractivity contribution < 1.29 is 4.79 Å². The highest BCUT2D eigenvalue weighted by molar-refractivity contribution is 7.98. The number of carbonyl (C=O) groups is 1. The second kappa shape index (κ2) is 6.18. The molecule has 1 aliphatic rings. The van der Waals surface area contributed by atoms with Gasteiger partial charge in [0, 0.05) is 12.2 Å². The van der Waals surface area contributed by atoms with E-state index in [4.69, 9.17) is 0 Å². The molecule has 4 nitrogen and oxygen atoms in total. The Balaban J connectivity index is 2.09. The summed E-state index contributed by atoms with van der Waals surface area (Å²) in [5.41, 5.74) is 0.548. The molecule has 0 radical (unpaired) electrons. The molecular weight excluding hydrogens is 246 g/mol. The lowest BCUT2D eigenvalue weighted by atomic mass is 9.87. The zero-order chi connectivity index (χ0) is 13.0. The smallest absolute Gasteiger partial charge is 0.189 e. The lowest BCUT2D eigenvalue weighted by Gasteiger charge is -2.27. The van der Waals surface area contributed by atoms with Crippen LogP contribution in [0.1, 0.15) is 43.0 Å². The van der Waals surface area contributed by atoms with Gasteiger partial charge in [-0.25, -0.2) is 9.97 Å². The number of aldehydes is 1. The summed E-state index contributed by atoms with van der Waals surface area (Å²) in [5.74, 6) is 1.50. The van der Waals surface area contributed by atoms with Crippen molar-refractivity contribution in [1.29, 1.82) is 0 Å². The quantitative estimate of drug-likeness (QED) is 0.515. The second-order valence-corrected chi connectivity index (χ2v) is 5.65. The highest BCUT2D eigenvalue weighted by atomic mass is 32.2. The minimum absolute atomic E-state index is 0.435. The molecule has 1 saturated carbocycles. The number of hydrogen-bond acceptors (Lipinski definition) is 5.